The van der Waals surface area contributed by atoms with E-state index in [4.69, 9.17) is 4.52 Å². The van der Waals surface area contributed by atoms with Crippen molar-refractivity contribution in [2.24, 2.45) is 0 Å². The minimum atomic E-state index is -5.18. The summed E-state index contributed by atoms with van der Waals surface area (Å²) in [5.41, 5.74) is 1.60. The van der Waals surface area contributed by atoms with Crippen LogP contribution >= 0.6 is 0 Å². The van der Waals surface area contributed by atoms with Gasteiger partial charge in [0.25, 0.3) is 11.3 Å². The van der Waals surface area contributed by atoms with E-state index >= 15 is 0 Å². The van der Waals surface area contributed by atoms with Crippen LogP contribution in [0.4, 0.5) is 19.0 Å². The van der Waals surface area contributed by atoms with E-state index in [9.17, 15) is 35.1 Å². The molecule has 2 N–H and O–H groups in total. The van der Waals surface area contributed by atoms with Crippen LogP contribution in [0.2, 0.25) is 0 Å². The Kier molecular flexibility index (Phi) is 8.04. The van der Waals surface area contributed by atoms with Crippen LogP contribution in [-0.2, 0) is 32.3 Å². The molecule has 0 aliphatic rings. The first kappa shape index (κ1) is 28.2. The molecule has 2 atom stereocenters. The molecule has 206 valence electrons. The number of hydrogen-bond donors (Lipinski definition) is 2. The molecule has 0 fully saturated rings. The van der Waals surface area contributed by atoms with Gasteiger partial charge in [-0.25, -0.2) is 21.9 Å². The number of pyridine rings is 1. The molecule has 2 aromatic carbocycles. The monoisotopic (exact) mass is 582 g/mol. The molecule has 2 aromatic heterocycles. The van der Waals surface area contributed by atoms with Gasteiger partial charge in [0.1, 0.15) is 17.4 Å². The van der Waals surface area contributed by atoms with Gasteiger partial charge in [0.05, 0.1) is 6.04 Å². The Hall–Kier alpha value is -3.82. The molecule has 4 rings (SSSR count). The lowest BCUT2D eigenvalue weighted by atomic mass is 9.93. The zero-order chi connectivity index (χ0) is 28.4. The lowest BCUT2D eigenvalue weighted by Gasteiger charge is -2.23. The molecule has 0 aliphatic heterocycles. The Balaban J connectivity index is 1.78. The van der Waals surface area contributed by atoms with Crippen LogP contribution in [0.15, 0.2) is 71.3 Å². The van der Waals surface area contributed by atoms with Crippen LogP contribution < -0.4 is 9.62 Å². The summed E-state index contributed by atoms with van der Waals surface area (Å²) >= 11 is -2.76. The van der Waals surface area contributed by atoms with Crippen LogP contribution in [0.25, 0.3) is 22.2 Å². The number of alkyl halides is 3. The van der Waals surface area contributed by atoms with Gasteiger partial charge < -0.3 is 9.84 Å². The predicted molar refractivity (Wildman–Crippen MR) is 137 cm³/mol. The summed E-state index contributed by atoms with van der Waals surface area (Å²) < 4.78 is 90.7. The first-order valence-electron chi connectivity index (χ1n) is 11.2. The van der Waals surface area contributed by atoms with Gasteiger partial charge in [0, 0.05) is 29.3 Å². The number of carbonyl (C=O) groups is 1. The SMILES string of the molecule is CS(=O)(=O)CN(c1cccc(CC(NC(=O)C(F)(F)F)c2ccccc2-c2noc3ccccc23)n1)S(=O)O. The van der Waals surface area contributed by atoms with Crippen molar-refractivity contribution in [2.45, 2.75) is 18.6 Å². The zero-order valence-corrected chi connectivity index (χ0v) is 21.8. The van der Waals surface area contributed by atoms with Gasteiger partial charge in [-0.3, -0.25) is 9.35 Å². The van der Waals surface area contributed by atoms with Crippen molar-refractivity contribution in [3.63, 3.8) is 0 Å². The van der Waals surface area contributed by atoms with Gasteiger partial charge in [0.15, 0.2) is 15.4 Å². The molecule has 0 saturated heterocycles. The summed E-state index contributed by atoms with van der Waals surface area (Å²) in [7, 11) is -3.74. The van der Waals surface area contributed by atoms with Gasteiger partial charge in [0.2, 0.25) is 0 Å². The van der Waals surface area contributed by atoms with E-state index in [0.29, 0.717) is 26.5 Å². The molecule has 0 spiro atoms. The molecular formula is C24H21F3N4O6S2. The summed E-state index contributed by atoms with van der Waals surface area (Å²) in [6.07, 6.45) is -4.60. The third-order valence-electron chi connectivity index (χ3n) is 5.53. The van der Waals surface area contributed by atoms with Crippen molar-refractivity contribution in [1.82, 2.24) is 15.5 Å². The second-order valence-electron chi connectivity index (χ2n) is 8.49. The van der Waals surface area contributed by atoms with Gasteiger partial charge in [-0.05, 0) is 29.8 Å². The van der Waals surface area contributed by atoms with Gasteiger partial charge >= 0.3 is 12.1 Å². The van der Waals surface area contributed by atoms with Crippen LogP contribution in [0.1, 0.15) is 17.3 Å². The molecule has 0 bridgehead atoms. The molecule has 0 radical (unpaired) electrons. The lowest BCUT2D eigenvalue weighted by Crippen LogP contribution is -2.40. The van der Waals surface area contributed by atoms with E-state index < -0.39 is 45.1 Å². The highest BCUT2D eigenvalue weighted by Gasteiger charge is 2.40. The quantitative estimate of drug-likeness (QED) is 0.284. The predicted octanol–water partition coefficient (Wildman–Crippen LogP) is 3.80. The fourth-order valence-electron chi connectivity index (χ4n) is 3.91. The number of hydrogen-bond acceptors (Lipinski definition) is 7. The van der Waals surface area contributed by atoms with E-state index in [1.165, 1.54) is 24.3 Å². The summed E-state index contributed by atoms with van der Waals surface area (Å²) in [6, 6.07) is 16.1. The Morgan fingerprint density at radius 2 is 1.79 bits per heavy atom. The molecule has 1 amide bonds. The first-order chi connectivity index (χ1) is 18.3. The highest BCUT2D eigenvalue weighted by atomic mass is 32.2. The van der Waals surface area contributed by atoms with Gasteiger partial charge in [-0.15, -0.1) is 0 Å². The van der Waals surface area contributed by atoms with Gasteiger partial charge in [-0.1, -0.05) is 47.6 Å². The molecular weight excluding hydrogens is 561 g/mol. The molecule has 4 aromatic rings. The number of fused-ring (bicyclic) bond motifs is 1. The Labute approximate surface area is 223 Å². The van der Waals surface area contributed by atoms with Crippen molar-refractivity contribution in [1.29, 1.82) is 0 Å². The highest BCUT2D eigenvalue weighted by Crippen LogP contribution is 2.34. The third kappa shape index (κ3) is 6.79. The van der Waals surface area contributed by atoms with Gasteiger partial charge in [-0.2, -0.15) is 13.2 Å². The van der Waals surface area contributed by atoms with Crippen LogP contribution in [0.5, 0.6) is 0 Å². The molecule has 39 heavy (non-hydrogen) atoms. The Morgan fingerprint density at radius 3 is 2.49 bits per heavy atom. The summed E-state index contributed by atoms with van der Waals surface area (Å²) in [5.74, 6) is -3.21. The highest BCUT2D eigenvalue weighted by molar-refractivity contribution is 7.92. The van der Waals surface area contributed by atoms with E-state index in [1.54, 1.807) is 42.5 Å². The first-order valence-corrected chi connectivity index (χ1v) is 14.3. The normalized spacial score (nSPS) is 13.7. The lowest BCUT2D eigenvalue weighted by molar-refractivity contribution is -0.174. The number of nitrogens with zero attached hydrogens (tertiary/aromatic N) is 3. The van der Waals surface area contributed by atoms with Crippen molar-refractivity contribution >= 4 is 43.8 Å². The number of nitrogens with one attached hydrogen (secondary N) is 1. The minimum absolute atomic E-state index is 0.115. The number of halogens is 3. The topological polar surface area (TPSA) is 143 Å². The number of para-hydroxylation sites is 1. The number of sulfone groups is 1. The molecule has 15 heteroatoms. The van der Waals surface area contributed by atoms with Crippen molar-refractivity contribution in [2.75, 3.05) is 16.4 Å². The summed E-state index contributed by atoms with van der Waals surface area (Å²) in [5, 5.41) is 6.69. The molecule has 0 saturated carbocycles. The van der Waals surface area contributed by atoms with Crippen molar-refractivity contribution < 1.29 is 39.7 Å². The number of aromatic nitrogens is 2. The average Bonchev–Trinajstić information content (AvgIpc) is 3.30. The van der Waals surface area contributed by atoms with Crippen molar-refractivity contribution in [3.05, 3.63) is 78.0 Å². The Bertz CT molecular complexity index is 1640. The number of rotatable bonds is 9. The standard InChI is InChI=1S/C24H21F3N4O6S2/c1-39(35,36)14-31(38(33)34)21-12-6-7-15(28-21)13-19(29-23(32)24(25,26)27)16-8-2-3-9-17(16)22-18-10-4-5-11-20(18)37-30-22/h2-12,19H,13-14H2,1H3,(H,29,32)(H,33,34). The number of anilines is 1. The maximum absolute atomic E-state index is 13.3. The number of amides is 1. The molecule has 10 nitrogen and oxygen atoms in total. The molecule has 2 unspecified atom stereocenters. The maximum Gasteiger partial charge on any atom is 0.471 e. The second kappa shape index (κ2) is 11.1. The Morgan fingerprint density at radius 1 is 1.10 bits per heavy atom. The van der Waals surface area contributed by atoms with E-state index in [2.05, 4.69) is 10.1 Å². The largest absolute Gasteiger partial charge is 0.471 e. The maximum atomic E-state index is 13.3. The van der Waals surface area contributed by atoms with E-state index in [1.807, 2.05) is 5.32 Å². The zero-order valence-electron chi connectivity index (χ0n) is 20.1. The smallest absolute Gasteiger partial charge is 0.356 e. The van der Waals surface area contributed by atoms with Crippen LogP contribution in [0, 0.1) is 0 Å². The summed E-state index contributed by atoms with van der Waals surface area (Å²) in [6.45, 7) is 0. The third-order valence-corrected chi connectivity index (χ3v) is 7.12. The molecule has 2 heterocycles. The fourth-order valence-corrected chi connectivity index (χ4v) is 5.66. The number of benzene rings is 2. The van der Waals surface area contributed by atoms with E-state index in [0.717, 1.165) is 6.26 Å². The van der Waals surface area contributed by atoms with Crippen LogP contribution in [-0.4, -0.2) is 51.5 Å². The fraction of sp³-hybridized carbons (Fsp3) is 0.208. The van der Waals surface area contributed by atoms with Crippen molar-refractivity contribution in [3.8, 4) is 11.3 Å². The number of carbonyl (C=O) groups excluding carboxylic acids is 1. The van der Waals surface area contributed by atoms with E-state index in [-0.39, 0.29) is 23.5 Å². The van der Waals surface area contributed by atoms with Crippen LogP contribution in [0.3, 0.4) is 0 Å². The second-order valence-corrected chi connectivity index (χ2v) is 11.5. The average molecular weight is 583 g/mol. The minimum Gasteiger partial charge on any atom is -0.356 e. The summed E-state index contributed by atoms with van der Waals surface area (Å²) in [4.78, 5) is 16.2. The molecule has 0 aliphatic carbocycles.